The Labute approximate surface area is 99.3 Å². The molecule has 2 aromatic heterocycles. The minimum Gasteiger partial charge on any atom is -0.354 e. The van der Waals surface area contributed by atoms with Crippen LogP contribution in [0.2, 0.25) is 0 Å². The molecule has 17 heavy (non-hydrogen) atoms. The Morgan fingerprint density at radius 2 is 2.35 bits per heavy atom. The highest BCUT2D eigenvalue weighted by Crippen LogP contribution is 2.24. The van der Waals surface area contributed by atoms with E-state index in [1.807, 2.05) is 0 Å². The van der Waals surface area contributed by atoms with Crippen LogP contribution in [0.3, 0.4) is 0 Å². The maximum Gasteiger partial charge on any atom is 0.182 e. The molecule has 3 rings (SSSR count). The van der Waals surface area contributed by atoms with Crippen molar-refractivity contribution in [3.8, 4) is 0 Å². The average Bonchev–Trinajstić information content (AvgIpc) is 2.87. The highest BCUT2D eigenvalue weighted by Gasteiger charge is 2.21. The van der Waals surface area contributed by atoms with E-state index in [9.17, 15) is 0 Å². The fourth-order valence-corrected chi connectivity index (χ4v) is 2.44. The van der Waals surface area contributed by atoms with Gasteiger partial charge in [0.15, 0.2) is 11.5 Å². The fraction of sp³-hybridized carbons (Fsp3) is 0.545. The topological polar surface area (TPSA) is 83.7 Å². The first-order valence-electron chi connectivity index (χ1n) is 5.97. The minimum absolute atomic E-state index is 0.566. The molecule has 1 unspecified atom stereocenters. The van der Waals surface area contributed by atoms with Gasteiger partial charge in [0.25, 0.3) is 0 Å². The molecule has 1 aliphatic heterocycles. The van der Waals surface area contributed by atoms with Gasteiger partial charge in [0.1, 0.15) is 11.8 Å². The summed E-state index contributed by atoms with van der Waals surface area (Å²) >= 11 is 0. The summed E-state index contributed by atoms with van der Waals surface area (Å²) in [6.07, 6.45) is 5.61. The van der Waals surface area contributed by atoms with Crippen molar-refractivity contribution >= 4 is 17.0 Å². The molecular weight excluding hydrogens is 216 g/mol. The van der Waals surface area contributed by atoms with E-state index in [0.29, 0.717) is 5.92 Å². The van der Waals surface area contributed by atoms with E-state index in [0.717, 1.165) is 36.6 Å². The number of hydrogen-bond acceptors (Lipinski definition) is 5. The van der Waals surface area contributed by atoms with E-state index in [2.05, 4.69) is 24.8 Å². The van der Waals surface area contributed by atoms with Gasteiger partial charge in [-0.2, -0.15) is 0 Å². The first kappa shape index (κ1) is 10.5. The summed E-state index contributed by atoms with van der Waals surface area (Å²) in [5.41, 5.74) is 7.40. The first-order valence-corrected chi connectivity index (χ1v) is 5.97. The second-order valence-electron chi connectivity index (χ2n) is 4.49. The van der Waals surface area contributed by atoms with Gasteiger partial charge in [-0.1, -0.05) is 0 Å². The van der Waals surface area contributed by atoms with Gasteiger partial charge in [-0.25, -0.2) is 15.0 Å². The zero-order valence-electron chi connectivity index (χ0n) is 9.63. The largest absolute Gasteiger partial charge is 0.354 e. The lowest BCUT2D eigenvalue weighted by atomic mass is 9.98. The second-order valence-corrected chi connectivity index (χ2v) is 4.49. The maximum atomic E-state index is 5.76. The summed E-state index contributed by atoms with van der Waals surface area (Å²) < 4.78 is 0. The van der Waals surface area contributed by atoms with Crippen molar-refractivity contribution in [1.82, 2.24) is 19.9 Å². The molecule has 0 bridgehead atoms. The van der Waals surface area contributed by atoms with Gasteiger partial charge in [0.2, 0.25) is 0 Å². The number of piperidine rings is 1. The van der Waals surface area contributed by atoms with E-state index in [-0.39, 0.29) is 0 Å². The van der Waals surface area contributed by atoms with Crippen LogP contribution in [-0.2, 0) is 0 Å². The summed E-state index contributed by atoms with van der Waals surface area (Å²) in [7, 11) is 0. The van der Waals surface area contributed by atoms with Crippen LogP contribution in [0.5, 0.6) is 0 Å². The number of nitrogens with zero attached hydrogens (tertiary/aromatic N) is 4. The molecule has 0 radical (unpaired) electrons. The van der Waals surface area contributed by atoms with E-state index in [1.54, 1.807) is 12.7 Å². The monoisotopic (exact) mass is 232 g/mol. The van der Waals surface area contributed by atoms with Crippen LogP contribution < -0.4 is 10.6 Å². The van der Waals surface area contributed by atoms with Crippen LogP contribution in [-0.4, -0.2) is 39.6 Å². The van der Waals surface area contributed by atoms with Gasteiger partial charge in [-0.3, -0.25) is 0 Å². The molecular formula is C11H16N6. The van der Waals surface area contributed by atoms with Crippen LogP contribution in [0.15, 0.2) is 12.7 Å². The molecule has 0 aliphatic carbocycles. The van der Waals surface area contributed by atoms with Gasteiger partial charge < -0.3 is 15.6 Å². The normalized spacial score (nSPS) is 21.0. The molecule has 0 amide bonds. The third kappa shape index (κ3) is 1.84. The van der Waals surface area contributed by atoms with Crippen molar-refractivity contribution in [2.45, 2.75) is 12.8 Å². The molecule has 6 heteroatoms. The fourth-order valence-electron chi connectivity index (χ4n) is 2.44. The minimum atomic E-state index is 0.566. The smallest absolute Gasteiger partial charge is 0.182 e. The summed E-state index contributed by atoms with van der Waals surface area (Å²) in [5, 5.41) is 0. The van der Waals surface area contributed by atoms with Gasteiger partial charge >= 0.3 is 0 Å². The number of H-pyrrole nitrogens is 1. The zero-order chi connectivity index (χ0) is 11.7. The van der Waals surface area contributed by atoms with Crippen LogP contribution in [0.25, 0.3) is 11.2 Å². The zero-order valence-corrected chi connectivity index (χ0v) is 9.63. The third-order valence-electron chi connectivity index (χ3n) is 3.35. The number of nitrogens with one attached hydrogen (secondary N) is 1. The number of anilines is 1. The average molecular weight is 232 g/mol. The molecule has 1 fully saturated rings. The van der Waals surface area contributed by atoms with Crippen LogP contribution >= 0.6 is 0 Å². The lowest BCUT2D eigenvalue weighted by Gasteiger charge is -2.32. The molecule has 6 nitrogen and oxygen atoms in total. The van der Waals surface area contributed by atoms with E-state index in [4.69, 9.17) is 5.73 Å². The van der Waals surface area contributed by atoms with Gasteiger partial charge in [0.05, 0.1) is 6.33 Å². The Morgan fingerprint density at radius 1 is 1.41 bits per heavy atom. The highest BCUT2D eigenvalue weighted by molar-refractivity contribution is 5.82. The predicted octanol–water partition coefficient (Wildman–Crippen LogP) is 0.528. The quantitative estimate of drug-likeness (QED) is 0.789. The van der Waals surface area contributed by atoms with Crippen molar-refractivity contribution < 1.29 is 0 Å². The number of fused-ring (bicyclic) bond motifs is 1. The summed E-state index contributed by atoms with van der Waals surface area (Å²) in [4.78, 5) is 18.1. The molecule has 3 N–H and O–H groups in total. The van der Waals surface area contributed by atoms with Gasteiger partial charge in [-0.05, 0) is 25.3 Å². The standard InChI is InChI=1S/C11H16N6/c12-4-8-2-1-3-17(5-8)11-9-10(14-6-13-9)15-7-16-11/h6-8H,1-5,12H2,(H,13,14,15,16). The SMILES string of the molecule is NCC1CCCN(c2ncnc3nc[nH]c23)C1. The van der Waals surface area contributed by atoms with Crippen molar-refractivity contribution in [3.63, 3.8) is 0 Å². The van der Waals surface area contributed by atoms with Crippen molar-refractivity contribution in [3.05, 3.63) is 12.7 Å². The van der Waals surface area contributed by atoms with Crippen LogP contribution in [0.4, 0.5) is 5.82 Å². The summed E-state index contributed by atoms with van der Waals surface area (Å²) in [5.74, 6) is 1.52. The molecule has 1 aliphatic rings. The Kier molecular flexibility index (Phi) is 2.64. The number of hydrogen-bond donors (Lipinski definition) is 2. The Morgan fingerprint density at radius 3 is 3.24 bits per heavy atom. The highest BCUT2D eigenvalue weighted by atomic mass is 15.2. The number of aromatic amines is 1. The molecule has 90 valence electrons. The first-order chi connectivity index (χ1) is 8.38. The molecule has 3 heterocycles. The lowest BCUT2D eigenvalue weighted by Crippen LogP contribution is -2.39. The molecule has 1 saturated heterocycles. The van der Waals surface area contributed by atoms with E-state index < -0.39 is 0 Å². The Bertz CT molecular complexity index is 507. The van der Waals surface area contributed by atoms with Crippen LogP contribution in [0.1, 0.15) is 12.8 Å². The Hall–Kier alpha value is -1.69. The number of imidazole rings is 1. The number of rotatable bonds is 2. The lowest BCUT2D eigenvalue weighted by molar-refractivity contribution is 0.422. The predicted molar refractivity (Wildman–Crippen MR) is 65.7 cm³/mol. The molecule has 2 aromatic rings. The van der Waals surface area contributed by atoms with Crippen molar-refractivity contribution in [2.24, 2.45) is 11.7 Å². The second kappa shape index (κ2) is 4.29. The molecule has 0 aromatic carbocycles. The summed E-state index contributed by atoms with van der Waals surface area (Å²) in [6, 6.07) is 0. The van der Waals surface area contributed by atoms with E-state index >= 15 is 0 Å². The Balaban J connectivity index is 1.94. The van der Waals surface area contributed by atoms with E-state index in [1.165, 1.54) is 12.8 Å². The number of aromatic nitrogens is 4. The van der Waals surface area contributed by atoms with Crippen molar-refractivity contribution in [1.29, 1.82) is 0 Å². The summed E-state index contributed by atoms with van der Waals surface area (Å²) in [6.45, 7) is 2.75. The maximum absolute atomic E-state index is 5.76. The third-order valence-corrected chi connectivity index (χ3v) is 3.35. The van der Waals surface area contributed by atoms with Crippen molar-refractivity contribution in [2.75, 3.05) is 24.5 Å². The van der Waals surface area contributed by atoms with Gasteiger partial charge in [-0.15, -0.1) is 0 Å². The molecule has 1 atom stereocenters. The molecule has 0 spiro atoms. The number of nitrogens with two attached hydrogens (primary N) is 1. The van der Waals surface area contributed by atoms with Gasteiger partial charge in [0, 0.05) is 13.1 Å². The molecule has 0 saturated carbocycles. The van der Waals surface area contributed by atoms with Crippen LogP contribution in [0, 0.1) is 5.92 Å².